The molecule has 0 aliphatic carbocycles. The molecule has 1 N–H and O–H groups in total. The number of carboxylic acids is 1. The summed E-state index contributed by atoms with van der Waals surface area (Å²) in [5.74, 6) is 0.838. The lowest BCUT2D eigenvalue weighted by atomic mass is 10.1. The van der Waals surface area contributed by atoms with Crippen molar-refractivity contribution in [3.63, 3.8) is 0 Å². The number of nitrogens with zero attached hydrogens (tertiary/aromatic N) is 2. The Hall–Kier alpha value is -1.69. The van der Waals surface area contributed by atoms with E-state index in [4.69, 9.17) is 5.11 Å². The molecule has 1 fully saturated rings. The maximum absolute atomic E-state index is 12.3. The van der Waals surface area contributed by atoms with Gasteiger partial charge in [0.15, 0.2) is 0 Å². The highest BCUT2D eigenvalue weighted by Gasteiger charge is 2.23. The SMILES string of the molecule is CN(C(=O)N1CCSCC1)c1ccccc1C(=O)O. The number of carbonyl (C=O) groups is 2. The zero-order valence-electron chi connectivity index (χ0n) is 10.7. The van der Waals surface area contributed by atoms with Crippen molar-refractivity contribution in [2.24, 2.45) is 0 Å². The minimum absolute atomic E-state index is 0.143. The zero-order valence-corrected chi connectivity index (χ0v) is 11.5. The molecule has 6 heteroatoms. The lowest BCUT2D eigenvalue weighted by Crippen LogP contribution is -2.45. The summed E-state index contributed by atoms with van der Waals surface area (Å²) < 4.78 is 0. The summed E-state index contributed by atoms with van der Waals surface area (Å²) in [6, 6.07) is 6.41. The van der Waals surface area contributed by atoms with E-state index in [-0.39, 0.29) is 11.6 Å². The molecule has 19 heavy (non-hydrogen) atoms. The lowest BCUT2D eigenvalue weighted by Gasteiger charge is -2.31. The maximum atomic E-state index is 12.3. The second-order valence-corrected chi connectivity index (χ2v) is 5.49. The van der Waals surface area contributed by atoms with E-state index in [1.54, 1.807) is 30.1 Å². The predicted octanol–water partition coefficient (Wildman–Crippen LogP) is 1.99. The fraction of sp³-hybridized carbons (Fsp3) is 0.385. The molecular formula is C13H16N2O3S. The molecular weight excluding hydrogens is 264 g/mol. The quantitative estimate of drug-likeness (QED) is 0.900. The number of amides is 2. The van der Waals surface area contributed by atoms with E-state index in [0.29, 0.717) is 18.8 Å². The molecule has 0 aromatic heterocycles. The number of carbonyl (C=O) groups excluding carboxylic acids is 1. The van der Waals surface area contributed by atoms with E-state index in [0.717, 1.165) is 11.5 Å². The normalized spacial score (nSPS) is 15.1. The average Bonchev–Trinajstić information content (AvgIpc) is 2.46. The second kappa shape index (κ2) is 5.97. The fourth-order valence-corrected chi connectivity index (χ4v) is 2.92. The van der Waals surface area contributed by atoms with Crippen LogP contribution in [0.2, 0.25) is 0 Å². The molecule has 1 saturated heterocycles. The minimum atomic E-state index is -1.02. The van der Waals surface area contributed by atoms with E-state index in [1.165, 1.54) is 11.0 Å². The molecule has 0 saturated carbocycles. The van der Waals surface area contributed by atoms with Crippen molar-refractivity contribution in [2.45, 2.75) is 0 Å². The lowest BCUT2D eigenvalue weighted by molar-refractivity contribution is 0.0697. The number of hydrogen-bond donors (Lipinski definition) is 1. The van der Waals surface area contributed by atoms with Crippen LogP contribution in [0, 0.1) is 0 Å². The first-order valence-corrected chi connectivity index (χ1v) is 7.19. The van der Waals surface area contributed by atoms with Crippen molar-refractivity contribution >= 4 is 29.4 Å². The molecule has 5 nitrogen and oxygen atoms in total. The van der Waals surface area contributed by atoms with Gasteiger partial charge in [-0.05, 0) is 12.1 Å². The minimum Gasteiger partial charge on any atom is -0.478 e. The Bertz CT molecular complexity index is 487. The van der Waals surface area contributed by atoms with Crippen molar-refractivity contribution in [3.8, 4) is 0 Å². The van der Waals surface area contributed by atoms with Gasteiger partial charge in [0.1, 0.15) is 0 Å². The molecule has 2 rings (SSSR count). The van der Waals surface area contributed by atoms with Gasteiger partial charge in [-0.2, -0.15) is 11.8 Å². The largest absolute Gasteiger partial charge is 0.478 e. The van der Waals surface area contributed by atoms with Crippen molar-refractivity contribution in [3.05, 3.63) is 29.8 Å². The Morgan fingerprint density at radius 1 is 1.26 bits per heavy atom. The molecule has 0 atom stereocenters. The van der Waals surface area contributed by atoms with Crippen molar-refractivity contribution in [2.75, 3.05) is 36.5 Å². The van der Waals surface area contributed by atoms with Crippen molar-refractivity contribution in [1.29, 1.82) is 0 Å². The number of carboxylic acid groups (broad SMARTS) is 1. The first-order valence-electron chi connectivity index (χ1n) is 6.04. The van der Waals surface area contributed by atoms with E-state index in [9.17, 15) is 9.59 Å². The van der Waals surface area contributed by atoms with Crippen LogP contribution in [0.3, 0.4) is 0 Å². The number of thioether (sulfide) groups is 1. The van der Waals surface area contributed by atoms with Crippen LogP contribution >= 0.6 is 11.8 Å². The summed E-state index contributed by atoms with van der Waals surface area (Å²) in [7, 11) is 1.62. The molecule has 0 radical (unpaired) electrons. The molecule has 1 aromatic rings. The summed E-state index contributed by atoms with van der Waals surface area (Å²) in [4.78, 5) is 26.7. The first-order chi connectivity index (χ1) is 9.11. The smallest absolute Gasteiger partial charge is 0.337 e. The van der Waals surface area contributed by atoms with Gasteiger partial charge in [0.05, 0.1) is 11.3 Å². The third-order valence-corrected chi connectivity index (χ3v) is 4.01. The van der Waals surface area contributed by atoms with Crippen LogP contribution in [0.25, 0.3) is 0 Å². The number of hydrogen-bond acceptors (Lipinski definition) is 3. The summed E-state index contributed by atoms with van der Waals surface area (Å²) in [6.45, 7) is 1.42. The highest BCUT2D eigenvalue weighted by Crippen LogP contribution is 2.21. The van der Waals surface area contributed by atoms with Crippen LogP contribution in [-0.2, 0) is 0 Å². The Morgan fingerprint density at radius 3 is 2.53 bits per heavy atom. The van der Waals surface area contributed by atoms with Crippen LogP contribution in [0.4, 0.5) is 10.5 Å². The highest BCUT2D eigenvalue weighted by atomic mass is 32.2. The van der Waals surface area contributed by atoms with Gasteiger partial charge in [-0.25, -0.2) is 9.59 Å². The van der Waals surface area contributed by atoms with Gasteiger partial charge in [0, 0.05) is 31.6 Å². The monoisotopic (exact) mass is 280 g/mol. The number of aromatic carboxylic acids is 1. The fourth-order valence-electron chi connectivity index (χ4n) is 2.02. The number of anilines is 1. The molecule has 0 unspecified atom stereocenters. The van der Waals surface area contributed by atoms with Crippen LogP contribution in [-0.4, -0.2) is 53.6 Å². The van der Waals surface area contributed by atoms with Crippen LogP contribution < -0.4 is 4.90 Å². The van der Waals surface area contributed by atoms with Gasteiger partial charge in [0.25, 0.3) is 0 Å². The molecule has 1 aromatic carbocycles. The highest BCUT2D eigenvalue weighted by molar-refractivity contribution is 7.99. The topological polar surface area (TPSA) is 60.9 Å². The predicted molar refractivity (Wildman–Crippen MR) is 76.1 cm³/mol. The summed E-state index contributed by atoms with van der Waals surface area (Å²) >= 11 is 1.83. The van der Waals surface area contributed by atoms with E-state index in [2.05, 4.69) is 0 Å². The van der Waals surface area contributed by atoms with E-state index < -0.39 is 5.97 Å². The van der Waals surface area contributed by atoms with Gasteiger partial charge in [-0.1, -0.05) is 12.1 Å². The molecule has 0 spiro atoms. The Morgan fingerprint density at radius 2 is 1.89 bits per heavy atom. The van der Waals surface area contributed by atoms with Crippen LogP contribution in [0.5, 0.6) is 0 Å². The van der Waals surface area contributed by atoms with Crippen molar-refractivity contribution < 1.29 is 14.7 Å². The van der Waals surface area contributed by atoms with E-state index in [1.807, 2.05) is 11.8 Å². The Kier molecular flexibility index (Phi) is 4.31. The van der Waals surface area contributed by atoms with Gasteiger partial charge < -0.3 is 10.0 Å². The van der Waals surface area contributed by atoms with Gasteiger partial charge in [-0.3, -0.25) is 4.90 Å². The van der Waals surface area contributed by atoms with Crippen LogP contribution in [0.1, 0.15) is 10.4 Å². The summed E-state index contributed by atoms with van der Waals surface area (Å²) in [5.41, 5.74) is 0.572. The van der Waals surface area contributed by atoms with E-state index >= 15 is 0 Å². The summed E-state index contributed by atoms with van der Waals surface area (Å²) in [5, 5.41) is 9.15. The van der Waals surface area contributed by atoms with Gasteiger partial charge in [0.2, 0.25) is 0 Å². The van der Waals surface area contributed by atoms with Gasteiger partial charge >= 0.3 is 12.0 Å². The Balaban J connectivity index is 2.21. The maximum Gasteiger partial charge on any atom is 0.337 e. The third-order valence-electron chi connectivity index (χ3n) is 3.06. The number of para-hydroxylation sites is 1. The van der Waals surface area contributed by atoms with Crippen LogP contribution in [0.15, 0.2) is 24.3 Å². The molecule has 2 amide bonds. The molecule has 1 aliphatic rings. The number of rotatable bonds is 2. The molecule has 102 valence electrons. The summed E-state index contributed by atoms with van der Waals surface area (Å²) in [6.07, 6.45) is 0. The average molecular weight is 280 g/mol. The first kappa shape index (κ1) is 13.7. The number of urea groups is 1. The second-order valence-electron chi connectivity index (χ2n) is 4.26. The number of benzene rings is 1. The zero-order chi connectivity index (χ0) is 13.8. The van der Waals surface area contributed by atoms with Crippen molar-refractivity contribution in [1.82, 2.24) is 4.90 Å². The standard InChI is InChI=1S/C13H16N2O3S/c1-14(13(18)15-6-8-19-9-7-15)11-5-3-2-4-10(11)12(16)17/h2-5H,6-9H2,1H3,(H,16,17). The molecule has 0 bridgehead atoms. The molecule has 1 aliphatic heterocycles. The van der Waals surface area contributed by atoms with Gasteiger partial charge in [-0.15, -0.1) is 0 Å². The Labute approximate surface area is 116 Å². The molecule has 1 heterocycles. The third kappa shape index (κ3) is 3.01.